The van der Waals surface area contributed by atoms with Crippen LogP contribution in [-0.4, -0.2) is 25.4 Å². The van der Waals surface area contributed by atoms with Crippen molar-refractivity contribution in [2.45, 2.75) is 65.2 Å². The van der Waals surface area contributed by atoms with Gasteiger partial charge in [-0.3, -0.25) is 4.99 Å². The van der Waals surface area contributed by atoms with Crippen LogP contribution in [0.2, 0.25) is 0 Å². The summed E-state index contributed by atoms with van der Waals surface area (Å²) in [7, 11) is 0. The summed E-state index contributed by atoms with van der Waals surface area (Å²) in [6.07, 6.45) is 15.4. The fourth-order valence-electron chi connectivity index (χ4n) is 3.25. The van der Waals surface area contributed by atoms with Crippen LogP contribution in [0.5, 0.6) is 5.75 Å². The van der Waals surface area contributed by atoms with Crippen molar-refractivity contribution in [3.05, 3.63) is 65.7 Å². The molecule has 2 rings (SSSR count). The number of nitrogens with zero attached hydrogens (tertiary/aromatic N) is 1. The van der Waals surface area contributed by atoms with Gasteiger partial charge < -0.3 is 9.47 Å². The molecule has 0 saturated carbocycles. The Bertz CT molecular complexity index is 823. The van der Waals surface area contributed by atoms with E-state index in [2.05, 4.69) is 11.9 Å². The Morgan fingerprint density at radius 1 is 0.812 bits per heavy atom. The van der Waals surface area contributed by atoms with Gasteiger partial charge in [0.1, 0.15) is 5.75 Å². The normalized spacial score (nSPS) is 11.3. The molecule has 0 aromatic heterocycles. The molecule has 4 nitrogen and oxygen atoms in total. The predicted molar refractivity (Wildman–Crippen MR) is 134 cm³/mol. The maximum absolute atomic E-state index is 11.4. The largest absolute Gasteiger partial charge is 0.494 e. The van der Waals surface area contributed by atoms with Gasteiger partial charge in [0.05, 0.1) is 18.9 Å². The van der Waals surface area contributed by atoms with Crippen LogP contribution < -0.4 is 4.74 Å². The molecule has 0 aliphatic carbocycles. The smallest absolute Gasteiger partial charge is 0.330 e. The number of hydrogen-bond acceptors (Lipinski definition) is 4. The Labute approximate surface area is 193 Å². The summed E-state index contributed by atoms with van der Waals surface area (Å²) < 4.78 is 10.7. The maximum atomic E-state index is 11.4. The summed E-state index contributed by atoms with van der Waals surface area (Å²) in [6.45, 7) is 5.20. The molecule has 0 atom stereocenters. The molecule has 0 fully saturated rings. The topological polar surface area (TPSA) is 47.9 Å². The Morgan fingerprint density at radius 2 is 1.44 bits per heavy atom. The molecule has 4 heteroatoms. The highest BCUT2D eigenvalue weighted by molar-refractivity contribution is 5.87. The summed E-state index contributed by atoms with van der Waals surface area (Å²) in [4.78, 5) is 15.9. The summed E-state index contributed by atoms with van der Waals surface area (Å²) in [5.41, 5.74) is 2.80. The molecular formula is C28H37NO3. The first kappa shape index (κ1) is 25.4. The highest BCUT2D eigenvalue weighted by Crippen LogP contribution is 2.16. The molecule has 0 bridgehead atoms. The monoisotopic (exact) mass is 435 g/mol. The molecule has 0 N–H and O–H groups in total. The van der Waals surface area contributed by atoms with Gasteiger partial charge in [-0.15, -0.1) is 0 Å². The molecule has 0 heterocycles. The second-order valence-electron chi connectivity index (χ2n) is 7.83. The highest BCUT2D eigenvalue weighted by Gasteiger charge is 1.97. The van der Waals surface area contributed by atoms with Gasteiger partial charge in [0.2, 0.25) is 0 Å². The lowest BCUT2D eigenvalue weighted by atomic mass is 10.1. The summed E-state index contributed by atoms with van der Waals surface area (Å²) in [5.74, 6) is 0.572. The van der Waals surface area contributed by atoms with Crippen molar-refractivity contribution in [3.63, 3.8) is 0 Å². The van der Waals surface area contributed by atoms with Crippen LogP contribution in [0.15, 0.2) is 59.6 Å². The molecular weight excluding hydrogens is 398 g/mol. The number of aliphatic imine (C=N–C) groups is 1. The minimum Gasteiger partial charge on any atom is -0.494 e. The molecule has 32 heavy (non-hydrogen) atoms. The first-order chi connectivity index (χ1) is 15.7. The van der Waals surface area contributed by atoms with Crippen molar-refractivity contribution in [2.24, 2.45) is 4.99 Å². The second kappa shape index (κ2) is 15.9. The highest BCUT2D eigenvalue weighted by atomic mass is 16.5. The van der Waals surface area contributed by atoms with Gasteiger partial charge in [0.15, 0.2) is 0 Å². The van der Waals surface area contributed by atoms with Crippen LogP contribution in [0.3, 0.4) is 0 Å². The fourth-order valence-corrected chi connectivity index (χ4v) is 3.25. The molecule has 0 aliphatic rings. The number of esters is 1. The fraction of sp³-hybridized carbons (Fsp3) is 0.429. The Balaban J connectivity index is 1.69. The molecule has 0 spiro atoms. The van der Waals surface area contributed by atoms with Crippen LogP contribution in [0.1, 0.15) is 76.3 Å². The Hall–Kier alpha value is -2.88. The van der Waals surface area contributed by atoms with E-state index in [1.54, 1.807) is 13.0 Å². The SMILES string of the molecule is CCCCCCCCCCOc1ccc(C=Nc2ccc(C=CC(=O)OCC)cc2)cc1. The number of carbonyl (C=O) groups is 1. The average Bonchev–Trinajstić information content (AvgIpc) is 2.82. The molecule has 0 radical (unpaired) electrons. The van der Waals surface area contributed by atoms with Gasteiger partial charge in [0, 0.05) is 12.3 Å². The average molecular weight is 436 g/mol. The van der Waals surface area contributed by atoms with Crippen LogP contribution in [0, 0.1) is 0 Å². The van der Waals surface area contributed by atoms with Crippen molar-refractivity contribution in [1.82, 2.24) is 0 Å². The van der Waals surface area contributed by atoms with Crippen molar-refractivity contribution in [3.8, 4) is 5.75 Å². The molecule has 172 valence electrons. The van der Waals surface area contributed by atoms with E-state index >= 15 is 0 Å². The minimum absolute atomic E-state index is 0.333. The molecule has 0 amide bonds. The van der Waals surface area contributed by atoms with Crippen molar-refractivity contribution < 1.29 is 14.3 Å². The van der Waals surface area contributed by atoms with Crippen LogP contribution >= 0.6 is 0 Å². The second-order valence-corrected chi connectivity index (χ2v) is 7.83. The minimum atomic E-state index is -0.333. The van der Waals surface area contributed by atoms with E-state index < -0.39 is 0 Å². The molecule has 2 aromatic carbocycles. The summed E-state index contributed by atoms with van der Waals surface area (Å²) in [6, 6.07) is 15.7. The van der Waals surface area contributed by atoms with E-state index in [-0.39, 0.29) is 5.97 Å². The van der Waals surface area contributed by atoms with Crippen molar-refractivity contribution >= 4 is 23.9 Å². The number of benzene rings is 2. The van der Waals surface area contributed by atoms with Gasteiger partial charge in [-0.2, -0.15) is 0 Å². The number of rotatable bonds is 15. The van der Waals surface area contributed by atoms with Crippen molar-refractivity contribution in [1.29, 1.82) is 0 Å². The van der Waals surface area contributed by atoms with E-state index in [9.17, 15) is 4.79 Å². The summed E-state index contributed by atoms with van der Waals surface area (Å²) >= 11 is 0. The van der Waals surface area contributed by atoms with Crippen LogP contribution in [0.25, 0.3) is 6.08 Å². The van der Waals surface area contributed by atoms with E-state index in [1.807, 2.05) is 54.7 Å². The van der Waals surface area contributed by atoms with Crippen LogP contribution in [-0.2, 0) is 9.53 Å². The third kappa shape index (κ3) is 10.9. The number of unbranched alkanes of at least 4 members (excludes halogenated alkanes) is 7. The lowest BCUT2D eigenvalue weighted by Crippen LogP contribution is -1.98. The molecule has 0 saturated heterocycles. The van der Waals surface area contributed by atoms with Gasteiger partial charge in [-0.05, 0) is 66.9 Å². The number of hydrogen-bond donors (Lipinski definition) is 0. The van der Waals surface area contributed by atoms with E-state index in [1.165, 1.54) is 51.0 Å². The Kier molecular flexibility index (Phi) is 12.6. The lowest BCUT2D eigenvalue weighted by molar-refractivity contribution is -0.137. The third-order valence-electron chi connectivity index (χ3n) is 5.10. The lowest BCUT2D eigenvalue weighted by Gasteiger charge is -2.06. The van der Waals surface area contributed by atoms with Crippen LogP contribution in [0.4, 0.5) is 5.69 Å². The first-order valence-electron chi connectivity index (χ1n) is 11.9. The van der Waals surface area contributed by atoms with Crippen molar-refractivity contribution in [2.75, 3.05) is 13.2 Å². The molecule has 2 aromatic rings. The predicted octanol–water partition coefficient (Wildman–Crippen LogP) is 7.53. The molecule has 0 aliphatic heterocycles. The zero-order valence-electron chi connectivity index (χ0n) is 19.6. The standard InChI is InChI=1S/C28H37NO3/c1-3-5-6-7-8-9-10-11-22-32-27-19-14-25(15-20-27)23-29-26-17-12-24(13-18-26)16-21-28(30)31-4-2/h12-21,23H,3-11,22H2,1-2H3. The van der Waals surface area contributed by atoms with Gasteiger partial charge >= 0.3 is 5.97 Å². The van der Waals surface area contributed by atoms with E-state index in [0.717, 1.165) is 35.6 Å². The van der Waals surface area contributed by atoms with Gasteiger partial charge in [-0.25, -0.2) is 4.79 Å². The summed E-state index contributed by atoms with van der Waals surface area (Å²) in [5, 5.41) is 0. The van der Waals surface area contributed by atoms with Gasteiger partial charge in [-0.1, -0.05) is 64.0 Å². The molecule has 0 unspecified atom stereocenters. The zero-order chi connectivity index (χ0) is 22.9. The van der Waals surface area contributed by atoms with E-state index in [0.29, 0.717) is 6.61 Å². The Morgan fingerprint density at radius 3 is 2.09 bits per heavy atom. The number of carbonyl (C=O) groups excluding carboxylic acids is 1. The first-order valence-corrected chi connectivity index (χ1v) is 11.9. The third-order valence-corrected chi connectivity index (χ3v) is 5.10. The van der Waals surface area contributed by atoms with Gasteiger partial charge in [0.25, 0.3) is 0 Å². The van der Waals surface area contributed by atoms with E-state index in [4.69, 9.17) is 9.47 Å². The number of ether oxygens (including phenoxy) is 2. The zero-order valence-corrected chi connectivity index (χ0v) is 19.6. The quantitative estimate of drug-likeness (QED) is 0.126. The maximum Gasteiger partial charge on any atom is 0.330 e.